The van der Waals surface area contributed by atoms with E-state index < -0.39 is 5.69 Å². The SMILES string of the molecule is CC(C)OP(=S)(OC(C)C)[S][Tl]. The molecule has 2 nitrogen and oxygen atoms in total. The molecule has 70 valence electrons. The summed E-state index contributed by atoms with van der Waals surface area (Å²) in [5, 5.41) is 0. The zero-order valence-electron chi connectivity index (χ0n) is 7.81. The van der Waals surface area contributed by atoms with E-state index >= 15 is 0 Å². The Balaban J connectivity index is 4.15. The summed E-state index contributed by atoms with van der Waals surface area (Å²) in [6.45, 7) is 7.97. The van der Waals surface area contributed by atoms with Crippen molar-refractivity contribution in [3.63, 3.8) is 0 Å². The van der Waals surface area contributed by atoms with E-state index in [9.17, 15) is 0 Å². The van der Waals surface area contributed by atoms with Crippen LogP contribution in [-0.2, 0) is 20.9 Å². The van der Waals surface area contributed by atoms with Crippen LogP contribution in [0.25, 0.3) is 0 Å². The molecule has 0 N–H and O–H groups in total. The minimum absolute atomic E-state index is 0.167. The number of hydrogen-bond donors (Lipinski definition) is 0. The molecule has 6 heteroatoms. The molecule has 0 aliphatic rings. The molecule has 0 heterocycles. The van der Waals surface area contributed by atoms with Gasteiger partial charge in [-0.15, -0.1) is 0 Å². The van der Waals surface area contributed by atoms with Crippen molar-refractivity contribution in [2.24, 2.45) is 0 Å². The minimum atomic E-state index is -1.99. The molecule has 0 saturated heterocycles. The van der Waals surface area contributed by atoms with Gasteiger partial charge in [0, 0.05) is 0 Å². The molecule has 0 amide bonds. The standard InChI is InChI=1S/C6H15O2PS2.Tl/c1-5(2)7-9(10,11)8-6(3)4;/h5-6H,1-4H3,(H,10,11);/q;+1/p-1. The maximum absolute atomic E-state index is 5.61. The molecule has 0 unspecified atom stereocenters. The van der Waals surface area contributed by atoms with Crippen molar-refractivity contribution in [1.82, 2.24) is 0 Å². The van der Waals surface area contributed by atoms with Gasteiger partial charge in [0.2, 0.25) is 0 Å². The Morgan fingerprint density at radius 3 is 1.67 bits per heavy atom. The van der Waals surface area contributed by atoms with Crippen molar-refractivity contribution in [3.8, 4) is 0 Å². The van der Waals surface area contributed by atoms with Crippen LogP contribution in [0, 0.1) is 0 Å². The second kappa shape index (κ2) is 6.35. The quantitative estimate of drug-likeness (QED) is 0.506. The van der Waals surface area contributed by atoms with Crippen LogP contribution in [0.15, 0.2) is 0 Å². The molecule has 0 spiro atoms. The summed E-state index contributed by atoms with van der Waals surface area (Å²) in [5.41, 5.74) is -1.99. The van der Waals surface area contributed by atoms with Crippen LogP contribution < -0.4 is 0 Å². The van der Waals surface area contributed by atoms with Gasteiger partial charge in [0.15, 0.2) is 0 Å². The predicted molar refractivity (Wildman–Crippen MR) is 60.1 cm³/mol. The van der Waals surface area contributed by atoms with Crippen molar-refractivity contribution in [2.45, 2.75) is 39.9 Å². The zero-order chi connectivity index (χ0) is 9.78. The Hall–Kier alpha value is 1.84. The molecular formula is C6H14O2PS2Tl. The van der Waals surface area contributed by atoms with E-state index in [-0.39, 0.29) is 12.2 Å². The fourth-order valence-corrected chi connectivity index (χ4v) is 7.61. The number of rotatable bonds is 5. The molecule has 0 aliphatic carbocycles. The first-order valence-electron chi connectivity index (χ1n) is 3.75. The van der Waals surface area contributed by atoms with E-state index in [0.717, 1.165) is 24.3 Å². The van der Waals surface area contributed by atoms with E-state index in [1.54, 1.807) is 7.93 Å². The molecule has 0 aromatic carbocycles. The van der Waals surface area contributed by atoms with Crippen molar-refractivity contribution in [2.75, 3.05) is 0 Å². The first-order valence-corrected chi connectivity index (χ1v) is 13.4. The Bertz CT molecular complexity index is 161. The second-order valence-corrected chi connectivity index (χ2v) is 16.0. The third-order valence-corrected chi connectivity index (χ3v) is 20.1. The van der Waals surface area contributed by atoms with Gasteiger partial charge < -0.3 is 0 Å². The fourth-order valence-electron chi connectivity index (χ4n) is 0.591. The normalized spacial score (nSPS) is 12.8. The third kappa shape index (κ3) is 6.32. The van der Waals surface area contributed by atoms with Gasteiger partial charge in [0.25, 0.3) is 0 Å². The van der Waals surface area contributed by atoms with Crippen LogP contribution in [0.1, 0.15) is 27.7 Å². The summed E-state index contributed by atoms with van der Waals surface area (Å²) >= 11 is 6.10. The zero-order valence-corrected chi connectivity index (χ0v) is 14.8. The second-order valence-electron chi connectivity index (χ2n) is 2.86. The van der Waals surface area contributed by atoms with E-state index in [0.29, 0.717) is 0 Å². The topological polar surface area (TPSA) is 18.5 Å². The van der Waals surface area contributed by atoms with E-state index in [2.05, 4.69) is 0 Å². The van der Waals surface area contributed by atoms with Crippen molar-refractivity contribution in [3.05, 3.63) is 0 Å². The molecule has 0 bridgehead atoms. The summed E-state index contributed by atoms with van der Waals surface area (Å²) in [6, 6.07) is 0. The van der Waals surface area contributed by atoms with Crippen LogP contribution in [0.5, 0.6) is 0 Å². The monoisotopic (exact) mass is 418 g/mol. The Kier molecular flexibility index (Phi) is 7.32. The average Bonchev–Trinajstić information content (AvgIpc) is 1.83. The van der Waals surface area contributed by atoms with E-state index in [4.69, 9.17) is 20.9 Å². The summed E-state index contributed by atoms with van der Waals surface area (Å²) in [7, 11) is 1.68. The Morgan fingerprint density at radius 1 is 1.17 bits per heavy atom. The van der Waals surface area contributed by atoms with Crippen molar-refractivity contribution in [1.29, 1.82) is 0 Å². The molecule has 0 radical (unpaired) electrons. The van der Waals surface area contributed by atoms with Gasteiger partial charge in [-0.05, 0) is 0 Å². The Morgan fingerprint density at radius 2 is 1.50 bits per heavy atom. The van der Waals surface area contributed by atoms with Gasteiger partial charge in [-0.1, -0.05) is 0 Å². The van der Waals surface area contributed by atoms with Crippen LogP contribution in [0.3, 0.4) is 0 Å². The third-order valence-electron chi connectivity index (χ3n) is 0.809. The van der Waals surface area contributed by atoms with Crippen LogP contribution >= 0.6 is 13.6 Å². The molecule has 0 atom stereocenters. The molecule has 0 aromatic heterocycles. The van der Waals surface area contributed by atoms with Crippen LogP contribution in [0.2, 0.25) is 0 Å². The molecular weight excluding hydrogens is 404 g/mol. The van der Waals surface area contributed by atoms with Gasteiger partial charge in [-0.25, -0.2) is 0 Å². The van der Waals surface area contributed by atoms with E-state index in [1.807, 2.05) is 27.7 Å². The molecule has 12 heavy (non-hydrogen) atoms. The van der Waals surface area contributed by atoms with Gasteiger partial charge in [0.05, 0.1) is 0 Å². The molecule has 0 saturated carbocycles. The van der Waals surface area contributed by atoms with Gasteiger partial charge >= 0.3 is 98.6 Å². The van der Waals surface area contributed by atoms with Crippen molar-refractivity contribution >= 4 is 49.7 Å². The molecule has 0 fully saturated rings. The summed E-state index contributed by atoms with van der Waals surface area (Å²) in [5.74, 6) is 0. The fraction of sp³-hybridized carbons (Fsp3) is 1.00. The van der Waals surface area contributed by atoms with Crippen LogP contribution in [-0.4, -0.2) is 36.5 Å². The maximum atomic E-state index is 5.61. The molecule has 0 rings (SSSR count). The predicted octanol–water partition coefficient (Wildman–Crippen LogP) is 2.88. The van der Waals surface area contributed by atoms with Gasteiger partial charge in [0.1, 0.15) is 0 Å². The molecule has 0 aliphatic heterocycles. The average molecular weight is 418 g/mol. The summed E-state index contributed by atoms with van der Waals surface area (Å²) in [4.78, 5) is 0. The first-order chi connectivity index (χ1) is 5.39. The first kappa shape index (κ1) is 13.8. The van der Waals surface area contributed by atoms with Gasteiger partial charge in [-0.2, -0.15) is 0 Å². The molecule has 0 aromatic rings. The number of hydrogen-bond acceptors (Lipinski definition) is 4. The summed E-state index contributed by atoms with van der Waals surface area (Å²) in [6.07, 6.45) is 0.335. The Labute approximate surface area is 97.9 Å². The van der Waals surface area contributed by atoms with Gasteiger partial charge in [-0.3, -0.25) is 0 Å². The summed E-state index contributed by atoms with van der Waals surface area (Å²) < 4.78 is 11.2. The van der Waals surface area contributed by atoms with Crippen LogP contribution in [0.4, 0.5) is 0 Å². The van der Waals surface area contributed by atoms with Crippen molar-refractivity contribution < 1.29 is 9.05 Å². The van der Waals surface area contributed by atoms with E-state index in [1.165, 1.54) is 0 Å².